The van der Waals surface area contributed by atoms with E-state index < -0.39 is 12.8 Å². The summed E-state index contributed by atoms with van der Waals surface area (Å²) in [6.45, 7) is -0.0797. The lowest BCUT2D eigenvalue weighted by molar-refractivity contribution is -0.188. The zero-order valence-corrected chi connectivity index (χ0v) is 12.8. The number of hydrogen-bond acceptors (Lipinski definition) is 2. The maximum atomic E-state index is 12.2. The van der Waals surface area contributed by atoms with Crippen LogP contribution in [0.5, 0.6) is 0 Å². The van der Waals surface area contributed by atoms with Crippen LogP contribution in [0, 0.1) is 5.92 Å². The second kappa shape index (κ2) is 8.37. The molecule has 0 spiro atoms. The molecule has 21 heavy (non-hydrogen) atoms. The van der Waals surface area contributed by atoms with Crippen molar-refractivity contribution < 1.29 is 17.9 Å². The van der Waals surface area contributed by atoms with E-state index in [1.807, 2.05) is 0 Å². The van der Waals surface area contributed by atoms with Crippen molar-refractivity contribution in [3.8, 4) is 0 Å². The topological polar surface area (TPSA) is 21.3 Å². The third-order valence-corrected chi connectivity index (χ3v) is 4.78. The molecule has 1 N–H and O–H groups in total. The van der Waals surface area contributed by atoms with E-state index >= 15 is 0 Å². The van der Waals surface area contributed by atoms with Gasteiger partial charge in [0.05, 0.1) is 6.10 Å². The Bertz CT molecular complexity index is 288. The largest absolute Gasteiger partial charge is 0.411 e. The van der Waals surface area contributed by atoms with Crippen molar-refractivity contribution in [1.82, 2.24) is 5.32 Å². The second-order valence-corrected chi connectivity index (χ2v) is 6.68. The van der Waals surface area contributed by atoms with Crippen LogP contribution in [-0.2, 0) is 4.74 Å². The quantitative estimate of drug-likeness (QED) is 0.758. The highest BCUT2D eigenvalue weighted by Gasteiger charge is 2.31. The predicted molar refractivity (Wildman–Crippen MR) is 77.2 cm³/mol. The zero-order chi connectivity index (χ0) is 15.1. The fourth-order valence-electron chi connectivity index (χ4n) is 3.60. The fraction of sp³-hybridized carbons (Fsp3) is 1.00. The molecule has 2 aliphatic carbocycles. The molecule has 2 aliphatic rings. The van der Waals surface area contributed by atoms with Crippen LogP contribution in [-0.4, -0.2) is 31.5 Å². The molecule has 2 fully saturated rings. The Morgan fingerprint density at radius 1 is 0.905 bits per heavy atom. The van der Waals surface area contributed by atoms with Gasteiger partial charge in [0.2, 0.25) is 0 Å². The normalized spacial score (nSPS) is 29.3. The molecule has 0 aliphatic heterocycles. The van der Waals surface area contributed by atoms with Crippen LogP contribution in [0.25, 0.3) is 0 Å². The highest BCUT2D eigenvalue weighted by molar-refractivity contribution is 4.80. The Balaban J connectivity index is 1.66. The molecule has 0 saturated heterocycles. The summed E-state index contributed by atoms with van der Waals surface area (Å²) in [7, 11) is 0. The summed E-state index contributed by atoms with van der Waals surface area (Å²) in [6, 6.07) is 0.334. The first-order valence-electron chi connectivity index (χ1n) is 8.44. The SMILES string of the molecule is FC(F)(F)COC1CCCC(NCC2CCCCCC2)C1. The van der Waals surface area contributed by atoms with Gasteiger partial charge < -0.3 is 10.1 Å². The van der Waals surface area contributed by atoms with E-state index in [9.17, 15) is 13.2 Å². The number of nitrogens with one attached hydrogen (secondary N) is 1. The van der Waals surface area contributed by atoms with Gasteiger partial charge in [-0.1, -0.05) is 25.7 Å². The van der Waals surface area contributed by atoms with Crippen molar-refractivity contribution in [2.24, 2.45) is 5.92 Å². The first-order chi connectivity index (χ1) is 10.0. The molecule has 2 atom stereocenters. The number of alkyl halides is 3. The minimum absolute atomic E-state index is 0.230. The summed E-state index contributed by atoms with van der Waals surface area (Å²) in [4.78, 5) is 0. The molecule has 0 radical (unpaired) electrons. The van der Waals surface area contributed by atoms with Crippen LogP contribution in [0.3, 0.4) is 0 Å². The Morgan fingerprint density at radius 3 is 2.29 bits per heavy atom. The van der Waals surface area contributed by atoms with Crippen molar-refractivity contribution in [1.29, 1.82) is 0 Å². The van der Waals surface area contributed by atoms with E-state index in [0.29, 0.717) is 6.04 Å². The first-order valence-corrected chi connectivity index (χ1v) is 8.44. The molecule has 5 heteroatoms. The molecule has 0 aromatic rings. The minimum Gasteiger partial charge on any atom is -0.369 e. The zero-order valence-electron chi connectivity index (χ0n) is 12.8. The van der Waals surface area contributed by atoms with E-state index in [4.69, 9.17) is 4.74 Å². The summed E-state index contributed by atoms with van der Waals surface area (Å²) < 4.78 is 41.6. The van der Waals surface area contributed by atoms with Gasteiger partial charge in [0.15, 0.2) is 0 Å². The van der Waals surface area contributed by atoms with E-state index in [-0.39, 0.29) is 6.10 Å². The predicted octanol–water partition coefficient (Wildman–Crippen LogP) is 4.44. The van der Waals surface area contributed by atoms with Crippen molar-refractivity contribution >= 4 is 0 Å². The van der Waals surface area contributed by atoms with Crippen molar-refractivity contribution in [3.63, 3.8) is 0 Å². The van der Waals surface area contributed by atoms with Crippen LogP contribution < -0.4 is 5.32 Å². The average molecular weight is 307 g/mol. The van der Waals surface area contributed by atoms with Gasteiger partial charge in [-0.25, -0.2) is 0 Å². The first kappa shape index (κ1) is 17.1. The van der Waals surface area contributed by atoms with E-state index in [1.165, 1.54) is 38.5 Å². The summed E-state index contributed by atoms with van der Waals surface area (Å²) >= 11 is 0. The number of ether oxygens (including phenoxy) is 1. The van der Waals surface area contributed by atoms with E-state index in [1.54, 1.807) is 0 Å². The number of rotatable bonds is 5. The molecular weight excluding hydrogens is 279 g/mol. The van der Waals surface area contributed by atoms with Gasteiger partial charge in [-0.15, -0.1) is 0 Å². The molecule has 2 saturated carbocycles. The highest BCUT2D eigenvalue weighted by atomic mass is 19.4. The molecule has 0 aromatic carbocycles. The van der Waals surface area contributed by atoms with Crippen LogP contribution in [0.1, 0.15) is 64.2 Å². The lowest BCUT2D eigenvalue weighted by Gasteiger charge is -2.31. The van der Waals surface area contributed by atoms with Gasteiger partial charge >= 0.3 is 6.18 Å². The standard InChI is InChI=1S/C16H28F3NO/c17-16(18,19)12-21-15-9-5-8-14(10-15)20-11-13-6-3-1-2-4-7-13/h13-15,20H,1-12H2. The molecule has 0 bridgehead atoms. The number of hydrogen-bond donors (Lipinski definition) is 1. The molecule has 0 heterocycles. The fourth-order valence-corrected chi connectivity index (χ4v) is 3.60. The maximum absolute atomic E-state index is 12.2. The Hall–Kier alpha value is -0.290. The molecule has 2 unspecified atom stereocenters. The third-order valence-electron chi connectivity index (χ3n) is 4.78. The van der Waals surface area contributed by atoms with Gasteiger partial charge in [0, 0.05) is 6.04 Å². The van der Waals surface area contributed by atoms with Gasteiger partial charge in [0.1, 0.15) is 6.61 Å². The average Bonchev–Trinajstić information content (AvgIpc) is 2.71. The summed E-state index contributed by atoms with van der Waals surface area (Å²) in [5, 5.41) is 3.58. The van der Waals surface area contributed by atoms with Crippen LogP contribution in [0.2, 0.25) is 0 Å². The second-order valence-electron chi connectivity index (χ2n) is 6.68. The van der Waals surface area contributed by atoms with Gasteiger partial charge in [-0.2, -0.15) is 13.2 Å². The van der Waals surface area contributed by atoms with E-state index in [0.717, 1.165) is 38.1 Å². The minimum atomic E-state index is -4.21. The molecule has 2 nitrogen and oxygen atoms in total. The summed E-state index contributed by atoms with van der Waals surface area (Å²) in [5.41, 5.74) is 0. The Morgan fingerprint density at radius 2 is 1.62 bits per heavy atom. The van der Waals surface area contributed by atoms with Crippen LogP contribution in [0.15, 0.2) is 0 Å². The molecule has 2 rings (SSSR count). The summed E-state index contributed by atoms with van der Waals surface area (Å²) in [6.07, 6.45) is 7.04. The lowest BCUT2D eigenvalue weighted by Crippen LogP contribution is -2.40. The number of halogens is 3. The van der Waals surface area contributed by atoms with Crippen LogP contribution in [0.4, 0.5) is 13.2 Å². The molecule has 0 aromatic heterocycles. The van der Waals surface area contributed by atoms with Crippen molar-refractivity contribution in [2.45, 2.75) is 82.5 Å². The maximum Gasteiger partial charge on any atom is 0.411 e. The van der Waals surface area contributed by atoms with Gasteiger partial charge in [-0.05, 0) is 51.0 Å². The van der Waals surface area contributed by atoms with Gasteiger partial charge in [-0.3, -0.25) is 0 Å². The molecular formula is C16H28F3NO. The summed E-state index contributed by atoms with van der Waals surface area (Å²) in [5.74, 6) is 0.754. The van der Waals surface area contributed by atoms with Crippen LogP contribution >= 0.6 is 0 Å². The van der Waals surface area contributed by atoms with Gasteiger partial charge in [0.25, 0.3) is 0 Å². The molecule has 124 valence electrons. The Labute approximate surface area is 125 Å². The van der Waals surface area contributed by atoms with E-state index in [2.05, 4.69) is 5.32 Å². The Kier molecular flexibility index (Phi) is 6.80. The third kappa shape index (κ3) is 7.00. The monoisotopic (exact) mass is 307 g/mol. The lowest BCUT2D eigenvalue weighted by atomic mass is 9.91. The van der Waals surface area contributed by atoms with Crippen molar-refractivity contribution in [2.75, 3.05) is 13.2 Å². The van der Waals surface area contributed by atoms with Crippen molar-refractivity contribution in [3.05, 3.63) is 0 Å². The molecule has 0 amide bonds. The smallest absolute Gasteiger partial charge is 0.369 e. The highest BCUT2D eigenvalue weighted by Crippen LogP contribution is 2.26.